The molecular formula is C13H17IN7O5P. The Morgan fingerprint density at radius 1 is 1.44 bits per heavy atom. The maximum absolute atomic E-state index is 12.5. The van der Waals surface area contributed by atoms with E-state index < -0.39 is 24.0 Å². The number of carbonyl (C=O) groups excluding carboxylic acids is 2. The first-order valence-electron chi connectivity index (χ1n) is 7.62. The predicted octanol–water partition coefficient (Wildman–Crippen LogP) is -0.476. The van der Waals surface area contributed by atoms with Crippen LogP contribution in [0.25, 0.3) is 11.2 Å². The molecule has 2 aromatic heterocycles. The van der Waals surface area contributed by atoms with Crippen LogP contribution in [0.5, 0.6) is 0 Å². The van der Waals surface area contributed by atoms with Crippen molar-refractivity contribution < 1.29 is 19.5 Å². The number of aliphatic carboxylic acids is 1. The van der Waals surface area contributed by atoms with Crippen LogP contribution in [0, 0.1) is 0 Å². The summed E-state index contributed by atoms with van der Waals surface area (Å²) in [7, 11) is 0. The van der Waals surface area contributed by atoms with Crippen LogP contribution in [0.15, 0.2) is 11.1 Å². The largest absolute Gasteiger partial charge is 0.480 e. The van der Waals surface area contributed by atoms with Crippen molar-refractivity contribution in [3.8, 4) is 0 Å². The number of anilines is 1. The van der Waals surface area contributed by atoms with Crippen LogP contribution in [0.2, 0.25) is 0 Å². The average molecular weight is 509 g/mol. The quantitative estimate of drug-likeness (QED) is 0.261. The average Bonchev–Trinajstić information content (AvgIpc) is 2.97. The molecule has 0 fully saturated rings. The highest BCUT2D eigenvalue weighted by Gasteiger charge is 2.19. The summed E-state index contributed by atoms with van der Waals surface area (Å²) in [4.78, 5) is 58.4. The van der Waals surface area contributed by atoms with E-state index in [0.717, 1.165) is 4.90 Å². The molecule has 2 amide bonds. The Labute approximate surface area is 167 Å². The number of fused-ring (bicyclic) bond motifs is 1. The number of aromatic nitrogens is 4. The minimum absolute atomic E-state index is 0.0358. The second-order valence-corrected chi connectivity index (χ2v) is 7.43. The number of imidazole rings is 1. The molecule has 2 heterocycles. The molecule has 0 spiro atoms. The van der Waals surface area contributed by atoms with E-state index in [2.05, 4.69) is 47.4 Å². The van der Waals surface area contributed by atoms with Gasteiger partial charge in [0.15, 0.2) is 11.2 Å². The number of rotatable bonds is 9. The zero-order valence-electron chi connectivity index (χ0n) is 14.2. The third-order valence-electron chi connectivity index (χ3n) is 3.38. The van der Waals surface area contributed by atoms with E-state index >= 15 is 0 Å². The summed E-state index contributed by atoms with van der Waals surface area (Å²) in [5.41, 5.74) is -0.161. The zero-order chi connectivity index (χ0) is 20.0. The molecule has 0 radical (unpaired) electrons. The Balaban J connectivity index is 2.21. The molecule has 146 valence electrons. The topological polar surface area (TPSA) is 162 Å². The van der Waals surface area contributed by atoms with Crippen LogP contribution in [0.3, 0.4) is 0 Å². The Kier molecular flexibility index (Phi) is 7.47. The summed E-state index contributed by atoms with van der Waals surface area (Å²) in [5, 5.41) is 14.4. The fourth-order valence-corrected chi connectivity index (χ4v) is 3.22. The first-order valence-corrected chi connectivity index (χ1v) is 11.7. The number of carboxylic acid groups (broad SMARTS) is 1. The van der Waals surface area contributed by atoms with Crippen molar-refractivity contribution in [2.24, 2.45) is 0 Å². The molecular weight excluding hydrogens is 492 g/mol. The lowest BCUT2D eigenvalue weighted by Gasteiger charge is -2.21. The number of carbonyl (C=O) groups is 3. The van der Waals surface area contributed by atoms with Crippen molar-refractivity contribution in [2.75, 3.05) is 24.7 Å². The number of H-pyrrole nitrogens is 1. The zero-order valence-corrected chi connectivity index (χ0v) is 17.3. The van der Waals surface area contributed by atoms with Crippen LogP contribution in [0.4, 0.5) is 5.95 Å². The summed E-state index contributed by atoms with van der Waals surface area (Å²) in [5.74, 6) is -1.71. The highest BCUT2D eigenvalue weighted by Crippen LogP contribution is 2.21. The monoisotopic (exact) mass is 509 g/mol. The minimum Gasteiger partial charge on any atom is -0.480 e. The fourth-order valence-electron chi connectivity index (χ4n) is 2.24. The Bertz CT molecular complexity index is 914. The molecule has 1 atom stereocenters. The van der Waals surface area contributed by atoms with Gasteiger partial charge in [-0.05, 0) is 22.0 Å². The van der Waals surface area contributed by atoms with Gasteiger partial charge in [-0.1, -0.05) is 0 Å². The van der Waals surface area contributed by atoms with Crippen molar-refractivity contribution in [2.45, 2.75) is 13.5 Å². The van der Waals surface area contributed by atoms with Crippen molar-refractivity contribution in [3.05, 3.63) is 16.7 Å². The first kappa shape index (κ1) is 21.0. The molecule has 2 rings (SSSR count). The smallest absolute Gasteiger partial charge is 0.323 e. The standard InChI is InChI=1S/C13H17IN7O5P/c1-7(22)15-2-3-20(5-9(24)25)8(23)4-21-6-16-10-11(21)17-13(19-27-14)18-12(10)26/h6,27H,2-5H2,1H3,(H,15,22)(H,24,25)(H2,17,18,19,26). The lowest BCUT2D eigenvalue weighted by atomic mass is 10.4. The number of hydrogen-bond acceptors (Lipinski definition) is 7. The fraction of sp³-hybridized carbons (Fsp3) is 0.385. The number of nitrogens with zero attached hydrogens (tertiary/aromatic N) is 4. The number of hydrogen-bond donors (Lipinski definition) is 4. The Morgan fingerprint density at radius 3 is 2.81 bits per heavy atom. The van der Waals surface area contributed by atoms with E-state index in [0.29, 0.717) is 0 Å². The minimum atomic E-state index is -1.18. The third kappa shape index (κ3) is 5.85. The van der Waals surface area contributed by atoms with Crippen molar-refractivity contribution in [3.63, 3.8) is 0 Å². The molecule has 27 heavy (non-hydrogen) atoms. The van der Waals surface area contributed by atoms with Gasteiger partial charge in [-0.15, -0.1) is 0 Å². The molecule has 0 bridgehead atoms. The van der Waals surface area contributed by atoms with Gasteiger partial charge in [0.2, 0.25) is 17.8 Å². The van der Waals surface area contributed by atoms with Crippen LogP contribution in [0.1, 0.15) is 6.92 Å². The Morgan fingerprint density at radius 2 is 2.19 bits per heavy atom. The molecule has 0 aliphatic carbocycles. The highest BCUT2D eigenvalue weighted by atomic mass is 127. The van der Waals surface area contributed by atoms with Crippen LogP contribution in [-0.2, 0) is 20.9 Å². The van der Waals surface area contributed by atoms with Gasteiger partial charge in [0.05, 0.1) is 6.33 Å². The third-order valence-corrected chi connectivity index (χ3v) is 4.52. The van der Waals surface area contributed by atoms with Gasteiger partial charge in [0.25, 0.3) is 5.56 Å². The van der Waals surface area contributed by atoms with E-state index in [-0.39, 0.29) is 49.0 Å². The number of carboxylic acids is 1. The summed E-state index contributed by atoms with van der Waals surface area (Å²) in [6, 6.07) is 0. The Hall–Kier alpha value is -2.28. The van der Waals surface area contributed by atoms with Gasteiger partial charge in [-0.3, -0.25) is 24.2 Å². The lowest BCUT2D eigenvalue weighted by molar-refractivity contribution is -0.144. The number of aromatic amines is 1. The van der Waals surface area contributed by atoms with Crippen LogP contribution in [-0.4, -0.2) is 66.9 Å². The summed E-state index contributed by atoms with van der Waals surface area (Å²) >= 11 is 2.08. The van der Waals surface area contributed by atoms with Crippen molar-refractivity contribution in [1.29, 1.82) is 0 Å². The van der Waals surface area contributed by atoms with Crippen molar-refractivity contribution >= 4 is 63.3 Å². The van der Waals surface area contributed by atoms with Crippen LogP contribution >= 0.6 is 28.4 Å². The van der Waals surface area contributed by atoms with Gasteiger partial charge in [-0.25, -0.2) is 4.98 Å². The van der Waals surface area contributed by atoms with E-state index in [1.807, 2.05) is 0 Å². The van der Waals surface area contributed by atoms with E-state index in [1.54, 1.807) is 0 Å². The molecule has 2 aromatic rings. The second-order valence-electron chi connectivity index (χ2n) is 5.37. The lowest BCUT2D eigenvalue weighted by Crippen LogP contribution is -2.42. The normalized spacial score (nSPS) is 11.0. The molecule has 1 unspecified atom stereocenters. The molecule has 12 nitrogen and oxygen atoms in total. The van der Waals surface area contributed by atoms with Gasteiger partial charge in [-0.2, -0.15) is 4.98 Å². The van der Waals surface area contributed by atoms with Gasteiger partial charge in [0.1, 0.15) is 13.1 Å². The van der Waals surface area contributed by atoms with Crippen LogP contribution < -0.4 is 16.0 Å². The number of amides is 2. The van der Waals surface area contributed by atoms with E-state index in [9.17, 15) is 19.2 Å². The van der Waals surface area contributed by atoms with Crippen molar-refractivity contribution in [1.82, 2.24) is 29.7 Å². The molecule has 0 aliphatic rings. The number of halogens is 1. The first-order chi connectivity index (χ1) is 12.8. The second kappa shape index (κ2) is 9.60. The molecule has 0 saturated heterocycles. The van der Waals surface area contributed by atoms with E-state index in [1.165, 1.54) is 17.8 Å². The molecule has 4 N–H and O–H groups in total. The maximum atomic E-state index is 12.5. The van der Waals surface area contributed by atoms with E-state index in [4.69, 9.17) is 5.11 Å². The van der Waals surface area contributed by atoms with Gasteiger partial charge < -0.3 is 25.0 Å². The SMILES string of the molecule is CC(=O)NCCN(CC(=O)O)C(=O)Cn1cnc2c(=O)[nH]c(NPI)nc21. The summed E-state index contributed by atoms with van der Waals surface area (Å²) < 4.78 is 1.38. The molecule has 0 aromatic carbocycles. The maximum Gasteiger partial charge on any atom is 0.323 e. The molecule has 0 saturated carbocycles. The summed E-state index contributed by atoms with van der Waals surface area (Å²) in [6.45, 7) is 0.732. The van der Waals surface area contributed by atoms with Gasteiger partial charge in [0, 0.05) is 26.4 Å². The highest BCUT2D eigenvalue weighted by molar-refractivity contribution is 14.2. The van der Waals surface area contributed by atoms with Gasteiger partial charge >= 0.3 is 5.97 Å². The molecule has 14 heteroatoms. The number of nitrogens with one attached hydrogen (secondary N) is 3. The molecule has 0 aliphatic heterocycles. The summed E-state index contributed by atoms with van der Waals surface area (Å²) in [6.07, 6.45) is 1.58. The predicted molar refractivity (Wildman–Crippen MR) is 107 cm³/mol.